The van der Waals surface area contributed by atoms with Crippen molar-refractivity contribution >= 4 is 21.8 Å². The van der Waals surface area contributed by atoms with Gasteiger partial charge in [-0.15, -0.1) is 0 Å². The topological polar surface area (TPSA) is 38.1 Å². The van der Waals surface area contributed by atoms with Crippen molar-refractivity contribution in [2.24, 2.45) is 0 Å². The first-order valence-electron chi connectivity index (χ1n) is 6.73. The minimum absolute atomic E-state index is 0.675. The van der Waals surface area contributed by atoms with Gasteiger partial charge in [-0.2, -0.15) is 0 Å². The average molecular weight is 343 g/mol. The summed E-state index contributed by atoms with van der Waals surface area (Å²) in [7, 11) is 0. The molecule has 0 radical (unpaired) electrons. The van der Waals surface area contributed by atoms with E-state index in [1.807, 2.05) is 30.3 Å². The highest BCUT2D eigenvalue weighted by molar-refractivity contribution is 9.10. The number of halogens is 1. The smallest absolute Gasteiger partial charge is 0.225 e. The molecule has 0 saturated heterocycles. The Morgan fingerprint density at radius 2 is 1.76 bits per heavy atom. The summed E-state index contributed by atoms with van der Waals surface area (Å²) in [6.45, 7) is 2.80. The summed E-state index contributed by atoms with van der Waals surface area (Å²) in [5.74, 6) is 0.675. The second-order valence-electron chi connectivity index (χ2n) is 4.92. The van der Waals surface area contributed by atoms with Gasteiger partial charge in [0.2, 0.25) is 5.88 Å². The fraction of sp³-hybridized carbons (Fsp3) is 0.118. The van der Waals surface area contributed by atoms with Crippen molar-refractivity contribution < 1.29 is 4.52 Å². The summed E-state index contributed by atoms with van der Waals surface area (Å²) in [5, 5.41) is 7.33. The third-order valence-electron chi connectivity index (χ3n) is 3.24. The minimum atomic E-state index is 0.675. The summed E-state index contributed by atoms with van der Waals surface area (Å²) in [6.07, 6.45) is 0. The first kappa shape index (κ1) is 13.9. The molecular formula is C17H15BrN2O. The van der Waals surface area contributed by atoms with Crippen LogP contribution < -0.4 is 5.32 Å². The van der Waals surface area contributed by atoms with E-state index in [9.17, 15) is 0 Å². The van der Waals surface area contributed by atoms with Crippen LogP contribution in [-0.2, 0) is 6.54 Å². The quantitative estimate of drug-likeness (QED) is 0.722. The lowest BCUT2D eigenvalue weighted by Gasteiger charge is -2.02. The van der Waals surface area contributed by atoms with Crippen molar-refractivity contribution in [1.29, 1.82) is 0 Å². The molecular weight excluding hydrogens is 328 g/mol. The molecule has 0 bridgehead atoms. The Balaban J connectivity index is 1.67. The third kappa shape index (κ3) is 3.52. The van der Waals surface area contributed by atoms with Gasteiger partial charge in [0.05, 0.1) is 0 Å². The van der Waals surface area contributed by atoms with Crippen LogP contribution in [0.5, 0.6) is 0 Å². The molecule has 0 amide bonds. The van der Waals surface area contributed by atoms with Crippen LogP contribution in [0.3, 0.4) is 0 Å². The summed E-state index contributed by atoms with van der Waals surface area (Å²) < 4.78 is 6.37. The molecule has 3 rings (SSSR count). The minimum Gasteiger partial charge on any atom is -0.350 e. The van der Waals surface area contributed by atoms with Gasteiger partial charge in [-0.25, -0.2) is 0 Å². The SMILES string of the molecule is Cc1ccc(CNc2cc(-c3ccc(Br)cc3)no2)cc1. The van der Waals surface area contributed by atoms with E-state index >= 15 is 0 Å². The third-order valence-corrected chi connectivity index (χ3v) is 3.77. The molecule has 21 heavy (non-hydrogen) atoms. The van der Waals surface area contributed by atoms with Crippen molar-refractivity contribution in [2.75, 3.05) is 5.32 Å². The van der Waals surface area contributed by atoms with Gasteiger partial charge in [-0.1, -0.05) is 63.0 Å². The van der Waals surface area contributed by atoms with E-state index < -0.39 is 0 Å². The van der Waals surface area contributed by atoms with Crippen molar-refractivity contribution in [3.8, 4) is 11.3 Å². The molecule has 0 atom stereocenters. The van der Waals surface area contributed by atoms with E-state index in [-0.39, 0.29) is 0 Å². The number of hydrogen-bond donors (Lipinski definition) is 1. The molecule has 0 saturated carbocycles. The molecule has 106 valence electrons. The molecule has 0 spiro atoms. The highest BCUT2D eigenvalue weighted by Crippen LogP contribution is 2.23. The number of nitrogens with zero attached hydrogens (tertiary/aromatic N) is 1. The fourth-order valence-corrected chi connectivity index (χ4v) is 2.27. The van der Waals surface area contributed by atoms with E-state index in [4.69, 9.17) is 4.52 Å². The fourth-order valence-electron chi connectivity index (χ4n) is 2.01. The molecule has 3 nitrogen and oxygen atoms in total. The Morgan fingerprint density at radius 1 is 1.05 bits per heavy atom. The molecule has 0 unspecified atom stereocenters. The van der Waals surface area contributed by atoms with E-state index in [1.54, 1.807) is 0 Å². The molecule has 1 aromatic heterocycles. The van der Waals surface area contributed by atoms with E-state index in [1.165, 1.54) is 11.1 Å². The van der Waals surface area contributed by atoms with E-state index in [2.05, 4.69) is 57.6 Å². The van der Waals surface area contributed by atoms with Gasteiger partial charge in [0.15, 0.2) is 0 Å². The Hall–Kier alpha value is -2.07. The maximum absolute atomic E-state index is 5.32. The van der Waals surface area contributed by atoms with Gasteiger partial charge in [0.25, 0.3) is 0 Å². The van der Waals surface area contributed by atoms with Gasteiger partial charge in [-0.3, -0.25) is 0 Å². The first-order valence-corrected chi connectivity index (χ1v) is 7.52. The summed E-state index contributed by atoms with van der Waals surface area (Å²) >= 11 is 3.42. The number of hydrogen-bond acceptors (Lipinski definition) is 3. The van der Waals surface area contributed by atoms with Crippen molar-refractivity contribution in [3.05, 3.63) is 70.2 Å². The van der Waals surface area contributed by atoms with Gasteiger partial charge >= 0.3 is 0 Å². The Labute approximate surface area is 132 Å². The van der Waals surface area contributed by atoms with Crippen LogP contribution in [-0.4, -0.2) is 5.16 Å². The monoisotopic (exact) mass is 342 g/mol. The zero-order chi connectivity index (χ0) is 14.7. The molecule has 0 fully saturated rings. The number of anilines is 1. The standard InChI is InChI=1S/C17H15BrN2O/c1-12-2-4-13(5-3-12)11-19-17-10-16(20-21-17)14-6-8-15(18)9-7-14/h2-10,19H,11H2,1H3. The summed E-state index contributed by atoms with van der Waals surface area (Å²) in [6, 6.07) is 18.3. The van der Waals surface area contributed by atoms with Crippen LogP contribution in [0, 0.1) is 6.92 Å². The van der Waals surface area contributed by atoms with Gasteiger partial charge in [0, 0.05) is 22.6 Å². The van der Waals surface area contributed by atoms with Gasteiger partial charge in [0.1, 0.15) is 5.69 Å². The average Bonchev–Trinajstić information content (AvgIpc) is 2.96. The molecule has 2 aromatic carbocycles. The van der Waals surface area contributed by atoms with Crippen LogP contribution in [0.4, 0.5) is 5.88 Å². The van der Waals surface area contributed by atoms with Crippen LogP contribution in [0.25, 0.3) is 11.3 Å². The molecule has 4 heteroatoms. The first-order chi connectivity index (χ1) is 10.2. The lowest BCUT2D eigenvalue weighted by atomic mass is 10.1. The number of nitrogens with one attached hydrogen (secondary N) is 1. The number of benzene rings is 2. The van der Waals surface area contributed by atoms with Crippen LogP contribution in [0.15, 0.2) is 63.6 Å². The molecule has 1 heterocycles. The molecule has 0 aliphatic heterocycles. The number of aromatic nitrogens is 1. The van der Waals surface area contributed by atoms with E-state index in [0.29, 0.717) is 5.88 Å². The van der Waals surface area contributed by atoms with Gasteiger partial charge < -0.3 is 9.84 Å². The summed E-state index contributed by atoms with van der Waals surface area (Å²) in [5.41, 5.74) is 4.33. The van der Waals surface area contributed by atoms with Crippen molar-refractivity contribution in [3.63, 3.8) is 0 Å². The largest absolute Gasteiger partial charge is 0.350 e. The highest BCUT2D eigenvalue weighted by atomic mass is 79.9. The Morgan fingerprint density at radius 3 is 2.48 bits per heavy atom. The zero-order valence-corrected chi connectivity index (χ0v) is 13.2. The lowest BCUT2D eigenvalue weighted by Crippen LogP contribution is -1.97. The van der Waals surface area contributed by atoms with Crippen LogP contribution in [0.2, 0.25) is 0 Å². The van der Waals surface area contributed by atoms with Gasteiger partial charge in [-0.05, 0) is 24.6 Å². The lowest BCUT2D eigenvalue weighted by molar-refractivity contribution is 0.434. The normalized spacial score (nSPS) is 10.6. The molecule has 3 aromatic rings. The highest BCUT2D eigenvalue weighted by Gasteiger charge is 2.06. The van der Waals surface area contributed by atoms with Crippen molar-refractivity contribution in [2.45, 2.75) is 13.5 Å². The maximum Gasteiger partial charge on any atom is 0.225 e. The van der Waals surface area contributed by atoms with Crippen LogP contribution in [0.1, 0.15) is 11.1 Å². The Kier molecular flexibility index (Phi) is 4.06. The Bertz CT molecular complexity index is 717. The predicted octanol–water partition coefficient (Wildman–Crippen LogP) is 5.02. The summed E-state index contributed by atoms with van der Waals surface area (Å²) in [4.78, 5) is 0. The molecule has 0 aliphatic carbocycles. The maximum atomic E-state index is 5.32. The second-order valence-corrected chi connectivity index (χ2v) is 5.84. The zero-order valence-electron chi connectivity index (χ0n) is 11.6. The molecule has 1 N–H and O–H groups in total. The van der Waals surface area contributed by atoms with E-state index in [0.717, 1.165) is 22.3 Å². The second kappa shape index (κ2) is 6.14. The number of rotatable bonds is 4. The predicted molar refractivity (Wildman–Crippen MR) is 88.1 cm³/mol. The van der Waals surface area contributed by atoms with Crippen molar-refractivity contribution in [1.82, 2.24) is 5.16 Å². The van der Waals surface area contributed by atoms with Crippen LogP contribution >= 0.6 is 15.9 Å². The molecule has 0 aliphatic rings. The number of aryl methyl sites for hydroxylation is 1.